The molecule has 1 aliphatic carbocycles. The van der Waals surface area contributed by atoms with E-state index >= 15 is 0 Å². The summed E-state index contributed by atoms with van der Waals surface area (Å²) in [5.74, 6) is 3.17. The van der Waals surface area contributed by atoms with E-state index in [-0.39, 0.29) is 11.9 Å². The van der Waals surface area contributed by atoms with Gasteiger partial charge in [-0.25, -0.2) is 9.67 Å². The van der Waals surface area contributed by atoms with Gasteiger partial charge in [-0.3, -0.25) is 4.79 Å². The number of furan rings is 1. The molecule has 1 aliphatic heterocycles. The van der Waals surface area contributed by atoms with E-state index in [1.165, 1.54) is 12.8 Å². The summed E-state index contributed by atoms with van der Waals surface area (Å²) < 4.78 is 7.75. The standard InChI is InChI=1S/C19H20N4O2/c1-11-10-14-4-3-5-15(16(14)25-11)19(24)22-8-9-23-18(12(22)2)20-17(21-23)13-6-7-13/h3-5,10,12-13H,6-9H2,1-2H3/t12-/m1/s1. The molecule has 6 heteroatoms. The minimum Gasteiger partial charge on any atom is -0.461 e. The molecule has 0 bridgehead atoms. The Hall–Kier alpha value is -2.63. The number of amides is 1. The van der Waals surface area contributed by atoms with E-state index in [0.29, 0.717) is 30.2 Å². The van der Waals surface area contributed by atoms with E-state index in [9.17, 15) is 4.79 Å². The molecule has 0 saturated heterocycles. The maximum Gasteiger partial charge on any atom is 0.258 e. The minimum absolute atomic E-state index is 0.00493. The molecule has 25 heavy (non-hydrogen) atoms. The quantitative estimate of drug-likeness (QED) is 0.719. The van der Waals surface area contributed by atoms with Crippen LogP contribution in [0, 0.1) is 6.92 Å². The Balaban J connectivity index is 1.50. The van der Waals surface area contributed by atoms with E-state index in [4.69, 9.17) is 9.40 Å². The first-order chi connectivity index (χ1) is 12.1. The molecule has 0 unspecified atom stereocenters. The molecule has 1 atom stereocenters. The third-order valence-electron chi connectivity index (χ3n) is 5.21. The van der Waals surface area contributed by atoms with Gasteiger partial charge in [0, 0.05) is 17.8 Å². The van der Waals surface area contributed by atoms with E-state index in [2.05, 4.69) is 5.10 Å². The van der Waals surface area contributed by atoms with Gasteiger partial charge in [-0.1, -0.05) is 12.1 Å². The number of benzene rings is 1. The van der Waals surface area contributed by atoms with Gasteiger partial charge in [-0.2, -0.15) is 5.10 Å². The summed E-state index contributed by atoms with van der Waals surface area (Å²) >= 11 is 0. The van der Waals surface area contributed by atoms with Crippen LogP contribution in [0.25, 0.3) is 11.0 Å². The summed E-state index contributed by atoms with van der Waals surface area (Å²) in [5, 5.41) is 5.60. The monoisotopic (exact) mass is 336 g/mol. The summed E-state index contributed by atoms with van der Waals surface area (Å²) in [5.41, 5.74) is 1.29. The van der Waals surface area contributed by atoms with Gasteiger partial charge < -0.3 is 9.32 Å². The molecule has 3 aromatic rings. The second-order valence-electron chi connectivity index (χ2n) is 7.08. The van der Waals surface area contributed by atoms with Crippen LogP contribution in [-0.4, -0.2) is 32.1 Å². The van der Waals surface area contributed by atoms with E-state index in [0.717, 1.165) is 22.8 Å². The van der Waals surface area contributed by atoms with Crippen LogP contribution in [0.15, 0.2) is 28.7 Å². The molecular formula is C19H20N4O2. The van der Waals surface area contributed by atoms with Gasteiger partial charge in [0.1, 0.15) is 17.2 Å². The molecule has 0 N–H and O–H groups in total. The highest BCUT2D eigenvalue weighted by atomic mass is 16.3. The van der Waals surface area contributed by atoms with Crippen LogP contribution in [0.3, 0.4) is 0 Å². The lowest BCUT2D eigenvalue weighted by Crippen LogP contribution is -2.41. The van der Waals surface area contributed by atoms with Crippen LogP contribution < -0.4 is 0 Å². The van der Waals surface area contributed by atoms with Crippen LogP contribution in [0.1, 0.15) is 59.5 Å². The Kier molecular flexibility index (Phi) is 3.04. The SMILES string of the molecule is Cc1cc2cccc(C(=O)N3CCn4nc(C5CC5)nc4[C@H]3C)c2o1. The van der Waals surface area contributed by atoms with Crippen molar-refractivity contribution in [2.75, 3.05) is 6.54 Å². The Bertz CT molecular complexity index is 983. The number of hydrogen-bond donors (Lipinski definition) is 0. The van der Waals surface area contributed by atoms with Crippen LogP contribution >= 0.6 is 0 Å². The number of rotatable bonds is 2. The minimum atomic E-state index is -0.0902. The number of carbonyl (C=O) groups excluding carboxylic acids is 1. The Morgan fingerprint density at radius 1 is 1.28 bits per heavy atom. The van der Waals surface area contributed by atoms with Crippen LogP contribution in [-0.2, 0) is 6.54 Å². The highest BCUT2D eigenvalue weighted by Crippen LogP contribution is 2.39. The van der Waals surface area contributed by atoms with Crippen molar-refractivity contribution in [3.8, 4) is 0 Å². The number of hydrogen-bond acceptors (Lipinski definition) is 4. The molecule has 6 nitrogen and oxygen atoms in total. The maximum atomic E-state index is 13.2. The van der Waals surface area contributed by atoms with Crippen molar-refractivity contribution in [1.29, 1.82) is 0 Å². The molecule has 0 spiro atoms. The lowest BCUT2D eigenvalue weighted by Gasteiger charge is -2.33. The lowest BCUT2D eigenvalue weighted by atomic mass is 10.1. The van der Waals surface area contributed by atoms with Crippen LogP contribution in [0.4, 0.5) is 0 Å². The summed E-state index contributed by atoms with van der Waals surface area (Å²) in [7, 11) is 0. The Morgan fingerprint density at radius 2 is 2.12 bits per heavy atom. The van der Waals surface area contributed by atoms with Crippen LogP contribution in [0.5, 0.6) is 0 Å². The fourth-order valence-corrected chi connectivity index (χ4v) is 3.69. The van der Waals surface area contributed by atoms with Gasteiger partial charge in [0.25, 0.3) is 5.91 Å². The molecule has 1 amide bonds. The number of aryl methyl sites for hydroxylation is 1. The second kappa shape index (κ2) is 5.18. The van der Waals surface area contributed by atoms with Crippen molar-refractivity contribution in [2.45, 2.75) is 45.2 Å². The zero-order valence-corrected chi connectivity index (χ0v) is 14.4. The largest absolute Gasteiger partial charge is 0.461 e. The molecule has 0 radical (unpaired) electrons. The fourth-order valence-electron chi connectivity index (χ4n) is 3.69. The molecule has 128 valence electrons. The Labute approximate surface area is 145 Å². The number of para-hydroxylation sites is 1. The predicted molar refractivity (Wildman–Crippen MR) is 92.4 cm³/mol. The van der Waals surface area contributed by atoms with Gasteiger partial charge in [-0.05, 0) is 38.8 Å². The average Bonchev–Trinajstić information content (AvgIpc) is 3.23. The van der Waals surface area contributed by atoms with Gasteiger partial charge in [-0.15, -0.1) is 0 Å². The van der Waals surface area contributed by atoms with Crippen molar-refractivity contribution in [1.82, 2.24) is 19.7 Å². The molecule has 1 aromatic carbocycles. The predicted octanol–water partition coefficient (Wildman–Crippen LogP) is 3.43. The number of fused-ring (bicyclic) bond motifs is 2. The number of carbonyl (C=O) groups is 1. The summed E-state index contributed by atoms with van der Waals surface area (Å²) in [6.07, 6.45) is 2.36. The third kappa shape index (κ3) is 2.27. The third-order valence-corrected chi connectivity index (χ3v) is 5.21. The normalized spacial score (nSPS) is 20.1. The zero-order valence-electron chi connectivity index (χ0n) is 14.4. The summed E-state index contributed by atoms with van der Waals surface area (Å²) in [6, 6.07) is 7.60. The highest BCUT2D eigenvalue weighted by Gasteiger charge is 2.35. The van der Waals surface area contributed by atoms with Gasteiger partial charge in [0.2, 0.25) is 0 Å². The van der Waals surface area contributed by atoms with E-state index in [1.54, 1.807) is 0 Å². The van der Waals surface area contributed by atoms with Crippen molar-refractivity contribution < 1.29 is 9.21 Å². The number of nitrogens with zero attached hydrogens (tertiary/aromatic N) is 4. The molecule has 1 saturated carbocycles. The van der Waals surface area contributed by atoms with E-state index < -0.39 is 0 Å². The molecule has 5 rings (SSSR count). The lowest BCUT2D eigenvalue weighted by molar-refractivity contribution is 0.0631. The van der Waals surface area contributed by atoms with E-state index in [1.807, 2.05) is 47.7 Å². The maximum absolute atomic E-state index is 13.2. The van der Waals surface area contributed by atoms with Crippen molar-refractivity contribution in [2.24, 2.45) is 0 Å². The summed E-state index contributed by atoms with van der Waals surface area (Å²) in [4.78, 5) is 19.8. The van der Waals surface area contributed by atoms with Gasteiger partial charge >= 0.3 is 0 Å². The molecule has 2 aliphatic rings. The number of aromatic nitrogens is 3. The first kappa shape index (κ1) is 14.7. The van der Waals surface area contributed by atoms with Crippen LogP contribution in [0.2, 0.25) is 0 Å². The van der Waals surface area contributed by atoms with Crippen molar-refractivity contribution >= 4 is 16.9 Å². The van der Waals surface area contributed by atoms with Gasteiger partial charge in [0.05, 0.1) is 18.2 Å². The average molecular weight is 336 g/mol. The summed E-state index contributed by atoms with van der Waals surface area (Å²) in [6.45, 7) is 5.26. The topological polar surface area (TPSA) is 64.2 Å². The molecule has 1 fully saturated rings. The fraction of sp³-hybridized carbons (Fsp3) is 0.421. The molecule has 3 heterocycles. The Morgan fingerprint density at radius 3 is 2.92 bits per heavy atom. The first-order valence-electron chi connectivity index (χ1n) is 8.86. The first-order valence-corrected chi connectivity index (χ1v) is 8.86. The zero-order chi connectivity index (χ0) is 17.1. The van der Waals surface area contributed by atoms with Crippen molar-refractivity contribution in [3.63, 3.8) is 0 Å². The second-order valence-corrected chi connectivity index (χ2v) is 7.08. The van der Waals surface area contributed by atoms with Crippen molar-refractivity contribution in [3.05, 3.63) is 47.2 Å². The molecular weight excluding hydrogens is 316 g/mol. The molecule has 2 aromatic heterocycles. The highest BCUT2D eigenvalue weighted by molar-refractivity contribution is 6.05. The van der Waals surface area contributed by atoms with Gasteiger partial charge in [0.15, 0.2) is 5.82 Å². The smallest absolute Gasteiger partial charge is 0.258 e.